The molecule has 1 unspecified atom stereocenters. The second kappa shape index (κ2) is 8.08. The Morgan fingerprint density at radius 1 is 1.07 bits per heavy atom. The summed E-state index contributed by atoms with van der Waals surface area (Å²) in [5.41, 5.74) is -0.879. The van der Waals surface area contributed by atoms with Gasteiger partial charge < -0.3 is 14.6 Å². The van der Waals surface area contributed by atoms with Crippen LogP contribution in [0.15, 0.2) is 0 Å². The molecule has 0 fully saturated rings. The second-order valence-electron chi connectivity index (χ2n) is 4.32. The fourth-order valence-corrected chi connectivity index (χ4v) is 1.81. The van der Waals surface area contributed by atoms with Crippen molar-refractivity contribution in [1.29, 1.82) is 0 Å². The van der Waals surface area contributed by atoms with Gasteiger partial charge in [0.05, 0.1) is 0 Å². The summed E-state index contributed by atoms with van der Waals surface area (Å²) in [6.07, 6.45) is 6.17. The zero-order chi connectivity index (χ0) is 11.7. The van der Waals surface area contributed by atoms with Crippen molar-refractivity contribution in [2.45, 2.75) is 64.3 Å². The fourth-order valence-electron chi connectivity index (χ4n) is 1.81. The maximum absolute atomic E-state index is 10.1. The Hall–Kier alpha value is -0.120. The lowest BCUT2D eigenvalue weighted by molar-refractivity contribution is -0.210. The standard InChI is InChI=1S/C12H26O3/c1-5-6-7-8-9-10-12(2,13)11(14-3)15-4/h11,13H,5-10H2,1-4H3. The number of rotatable bonds is 9. The van der Waals surface area contributed by atoms with Crippen LogP contribution in [-0.4, -0.2) is 31.2 Å². The van der Waals surface area contributed by atoms with E-state index < -0.39 is 11.9 Å². The van der Waals surface area contributed by atoms with Crippen LogP contribution in [0.3, 0.4) is 0 Å². The topological polar surface area (TPSA) is 38.7 Å². The molecule has 0 aromatic rings. The molecule has 0 bridgehead atoms. The molecular weight excluding hydrogens is 192 g/mol. The molecule has 1 atom stereocenters. The van der Waals surface area contributed by atoms with Gasteiger partial charge in [0.25, 0.3) is 0 Å². The van der Waals surface area contributed by atoms with Gasteiger partial charge in [0, 0.05) is 14.2 Å². The summed E-state index contributed by atoms with van der Waals surface area (Å²) in [4.78, 5) is 0. The van der Waals surface area contributed by atoms with E-state index in [0.29, 0.717) is 0 Å². The lowest BCUT2D eigenvalue weighted by Crippen LogP contribution is -2.41. The molecule has 0 spiro atoms. The fraction of sp³-hybridized carbons (Fsp3) is 1.00. The van der Waals surface area contributed by atoms with Crippen molar-refractivity contribution in [3.8, 4) is 0 Å². The predicted octanol–water partition coefficient (Wildman–Crippen LogP) is 2.72. The third-order valence-corrected chi connectivity index (χ3v) is 2.72. The Morgan fingerprint density at radius 2 is 1.60 bits per heavy atom. The number of hydrogen-bond donors (Lipinski definition) is 1. The Balaban J connectivity index is 3.72. The molecular formula is C12H26O3. The minimum absolute atomic E-state index is 0.524. The molecule has 0 aliphatic heterocycles. The summed E-state index contributed by atoms with van der Waals surface area (Å²) in [6.45, 7) is 3.96. The highest BCUT2D eigenvalue weighted by molar-refractivity contribution is 4.76. The first-order valence-corrected chi connectivity index (χ1v) is 5.86. The highest BCUT2D eigenvalue weighted by Crippen LogP contribution is 2.21. The van der Waals surface area contributed by atoms with Crippen LogP contribution >= 0.6 is 0 Å². The minimum atomic E-state index is -0.879. The number of hydrogen-bond acceptors (Lipinski definition) is 3. The van der Waals surface area contributed by atoms with Gasteiger partial charge in [0.2, 0.25) is 0 Å². The number of unbranched alkanes of at least 4 members (excludes halogenated alkanes) is 4. The van der Waals surface area contributed by atoms with E-state index in [1.54, 1.807) is 21.1 Å². The van der Waals surface area contributed by atoms with E-state index in [0.717, 1.165) is 12.8 Å². The van der Waals surface area contributed by atoms with E-state index in [4.69, 9.17) is 9.47 Å². The summed E-state index contributed by atoms with van der Waals surface area (Å²) >= 11 is 0. The first-order chi connectivity index (χ1) is 7.08. The second-order valence-corrected chi connectivity index (χ2v) is 4.32. The Labute approximate surface area is 93.8 Å². The van der Waals surface area contributed by atoms with Crippen LogP contribution in [0.4, 0.5) is 0 Å². The van der Waals surface area contributed by atoms with Crippen molar-refractivity contribution in [2.75, 3.05) is 14.2 Å². The molecule has 0 heterocycles. The van der Waals surface area contributed by atoms with E-state index in [9.17, 15) is 5.11 Å². The van der Waals surface area contributed by atoms with Gasteiger partial charge in [-0.3, -0.25) is 0 Å². The van der Waals surface area contributed by atoms with Crippen molar-refractivity contribution in [2.24, 2.45) is 0 Å². The lowest BCUT2D eigenvalue weighted by atomic mass is 9.97. The Kier molecular flexibility index (Phi) is 8.02. The van der Waals surface area contributed by atoms with Crippen LogP contribution in [0.2, 0.25) is 0 Å². The smallest absolute Gasteiger partial charge is 0.185 e. The van der Waals surface area contributed by atoms with Crippen LogP contribution in [0.25, 0.3) is 0 Å². The molecule has 0 radical (unpaired) electrons. The molecule has 0 aliphatic carbocycles. The van der Waals surface area contributed by atoms with Gasteiger partial charge in [-0.2, -0.15) is 0 Å². The molecule has 15 heavy (non-hydrogen) atoms. The van der Waals surface area contributed by atoms with Crippen LogP contribution in [0, 0.1) is 0 Å². The van der Waals surface area contributed by atoms with E-state index in [1.165, 1.54) is 25.7 Å². The third kappa shape index (κ3) is 6.13. The molecule has 0 aromatic heterocycles. The summed E-state index contributed by atoms with van der Waals surface area (Å²) in [6, 6.07) is 0. The minimum Gasteiger partial charge on any atom is -0.385 e. The van der Waals surface area contributed by atoms with E-state index >= 15 is 0 Å². The molecule has 92 valence electrons. The highest BCUT2D eigenvalue weighted by atomic mass is 16.7. The summed E-state index contributed by atoms with van der Waals surface area (Å²) in [5, 5.41) is 10.1. The van der Waals surface area contributed by atoms with E-state index in [2.05, 4.69) is 6.92 Å². The van der Waals surface area contributed by atoms with Crippen LogP contribution in [0.1, 0.15) is 52.4 Å². The van der Waals surface area contributed by atoms with Gasteiger partial charge in [0.1, 0.15) is 5.60 Å². The largest absolute Gasteiger partial charge is 0.385 e. The van der Waals surface area contributed by atoms with Gasteiger partial charge in [0.15, 0.2) is 6.29 Å². The molecule has 0 saturated carbocycles. The summed E-state index contributed by atoms with van der Waals surface area (Å²) < 4.78 is 10.1. The van der Waals surface area contributed by atoms with Crippen LogP contribution in [0.5, 0.6) is 0 Å². The quantitative estimate of drug-likeness (QED) is 0.478. The zero-order valence-corrected chi connectivity index (χ0v) is 10.6. The lowest BCUT2D eigenvalue weighted by Gasteiger charge is -2.30. The maximum Gasteiger partial charge on any atom is 0.185 e. The van der Waals surface area contributed by atoms with Crippen LogP contribution in [-0.2, 0) is 9.47 Å². The summed E-state index contributed by atoms with van der Waals surface area (Å²) in [5.74, 6) is 0. The zero-order valence-electron chi connectivity index (χ0n) is 10.6. The molecule has 0 saturated heterocycles. The number of methoxy groups -OCH3 is 2. The van der Waals surface area contributed by atoms with Crippen molar-refractivity contribution in [3.63, 3.8) is 0 Å². The van der Waals surface area contributed by atoms with Gasteiger partial charge in [-0.25, -0.2) is 0 Å². The molecule has 1 N–H and O–H groups in total. The molecule has 3 heteroatoms. The Bertz CT molecular complexity index is 142. The van der Waals surface area contributed by atoms with E-state index in [-0.39, 0.29) is 0 Å². The monoisotopic (exact) mass is 218 g/mol. The average Bonchev–Trinajstić information content (AvgIpc) is 2.18. The first kappa shape index (κ1) is 14.9. The molecule has 0 aliphatic rings. The van der Waals surface area contributed by atoms with Crippen molar-refractivity contribution in [1.82, 2.24) is 0 Å². The van der Waals surface area contributed by atoms with Gasteiger partial charge in [-0.15, -0.1) is 0 Å². The average molecular weight is 218 g/mol. The van der Waals surface area contributed by atoms with E-state index in [1.807, 2.05) is 0 Å². The predicted molar refractivity (Wildman–Crippen MR) is 61.8 cm³/mol. The Morgan fingerprint density at radius 3 is 2.07 bits per heavy atom. The van der Waals surface area contributed by atoms with Gasteiger partial charge in [-0.05, 0) is 13.3 Å². The van der Waals surface area contributed by atoms with Crippen molar-refractivity contribution < 1.29 is 14.6 Å². The molecule has 0 aromatic carbocycles. The number of ether oxygens (including phenoxy) is 2. The maximum atomic E-state index is 10.1. The first-order valence-electron chi connectivity index (χ1n) is 5.86. The molecule has 0 amide bonds. The van der Waals surface area contributed by atoms with Crippen LogP contribution < -0.4 is 0 Å². The summed E-state index contributed by atoms with van der Waals surface area (Å²) in [7, 11) is 3.11. The molecule has 0 rings (SSSR count). The number of aliphatic hydroxyl groups is 1. The van der Waals surface area contributed by atoms with Crippen molar-refractivity contribution >= 4 is 0 Å². The third-order valence-electron chi connectivity index (χ3n) is 2.72. The SMILES string of the molecule is CCCCCCCC(C)(O)C(OC)OC. The normalized spacial score (nSPS) is 15.6. The van der Waals surface area contributed by atoms with Gasteiger partial charge in [-0.1, -0.05) is 39.0 Å². The van der Waals surface area contributed by atoms with Crippen molar-refractivity contribution in [3.05, 3.63) is 0 Å². The highest BCUT2D eigenvalue weighted by Gasteiger charge is 2.31. The van der Waals surface area contributed by atoms with Gasteiger partial charge >= 0.3 is 0 Å². The molecule has 3 nitrogen and oxygen atoms in total.